The molecule has 1 heterocycles. The molecule has 0 aromatic carbocycles. The van der Waals surface area contributed by atoms with Crippen LogP contribution in [0.4, 0.5) is 0 Å². The number of unbranched alkanes of at least 4 members (excludes halogenated alkanes) is 1. The van der Waals surface area contributed by atoms with Crippen molar-refractivity contribution in [3.63, 3.8) is 0 Å². The Morgan fingerprint density at radius 1 is 1.42 bits per heavy atom. The Morgan fingerprint density at radius 2 is 2.05 bits per heavy atom. The molecule has 0 radical (unpaired) electrons. The largest absolute Gasteiger partial charge is 0.503 e. The predicted molar refractivity (Wildman–Crippen MR) is 78.7 cm³/mol. The van der Waals surface area contributed by atoms with Crippen molar-refractivity contribution in [1.29, 1.82) is 0 Å². The van der Waals surface area contributed by atoms with Crippen molar-refractivity contribution in [2.75, 3.05) is 13.6 Å². The lowest BCUT2D eigenvalue weighted by atomic mass is 10.2. The minimum absolute atomic E-state index is 0.109. The van der Waals surface area contributed by atoms with E-state index in [1.165, 1.54) is 6.07 Å². The van der Waals surface area contributed by atoms with Crippen LogP contribution in [0, 0.1) is 6.92 Å². The predicted octanol–water partition coefficient (Wildman–Crippen LogP) is 2.68. The van der Waals surface area contributed by atoms with Gasteiger partial charge in [0.25, 0.3) is 0 Å². The van der Waals surface area contributed by atoms with Gasteiger partial charge in [-0.3, -0.25) is 4.79 Å². The van der Waals surface area contributed by atoms with Crippen LogP contribution < -0.4 is 5.43 Å². The average Bonchev–Trinajstić information content (AvgIpc) is 2.32. The molecule has 1 rings (SSSR count). The fourth-order valence-corrected chi connectivity index (χ4v) is 2.43. The van der Waals surface area contributed by atoms with Crippen LogP contribution in [0.15, 0.2) is 10.9 Å². The van der Waals surface area contributed by atoms with Crippen molar-refractivity contribution in [3.05, 3.63) is 27.7 Å². The second-order valence-electron chi connectivity index (χ2n) is 5.50. The smallest absolute Gasteiger partial charge is 0.223 e. The SMILES string of the molecule is CCCCN(C)Cc1c(O)c(=O)cc(C)n1C(C)C. The number of aryl methyl sites for hydroxylation is 1. The van der Waals surface area contributed by atoms with E-state index < -0.39 is 0 Å². The van der Waals surface area contributed by atoms with Gasteiger partial charge in [-0.1, -0.05) is 13.3 Å². The fourth-order valence-electron chi connectivity index (χ4n) is 2.43. The summed E-state index contributed by atoms with van der Waals surface area (Å²) in [4.78, 5) is 13.9. The molecule has 0 aliphatic rings. The van der Waals surface area contributed by atoms with E-state index in [4.69, 9.17) is 0 Å². The second kappa shape index (κ2) is 6.75. The number of nitrogens with zero attached hydrogens (tertiary/aromatic N) is 2. The number of aromatic nitrogens is 1. The summed E-state index contributed by atoms with van der Waals surface area (Å²) in [6, 6.07) is 1.73. The molecule has 4 heteroatoms. The third-order valence-corrected chi connectivity index (χ3v) is 3.35. The standard InChI is InChI=1S/C15H26N2O2/c1-6-7-8-16(5)10-13-15(19)14(18)9-12(4)17(13)11(2)3/h9,11,19H,6-8,10H2,1-5H3. The molecule has 1 N–H and O–H groups in total. The zero-order valence-electron chi connectivity index (χ0n) is 12.7. The van der Waals surface area contributed by atoms with Crippen molar-refractivity contribution in [2.45, 2.75) is 53.1 Å². The van der Waals surface area contributed by atoms with Crippen molar-refractivity contribution >= 4 is 0 Å². The van der Waals surface area contributed by atoms with E-state index >= 15 is 0 Å². The Kier molecular flexibility index (Phi) is 5.60. The lowest BCUT2D eigenvalue weighted by molar-refractivity contribution is 0.298. The number of pyridine rings is 1. The molecule has 1 aromatic heterocycles. The minimum atomic E-state index is -0.284. The normalized spacial score (nSPS) is 11.5. The third-order valence-electron chi connectivity index (χ3n) is 3.35. The molecule has 0 unspecified atom stereocenters. The van der Waals surface area contributed by atoms with Gasteiger partial charge >= 0.3 is 0 Å². The topological polar surface area (TPSA) is 45.5 Å². The molecule has 1 aromatic rings. The molecule has 0 atom stereocenters. The van der Waals surface area contributed by atoms with Crippen molar-refractivity contribution < 1.29 is 5.11 Å². The summed E-state index contributed by atoms with van der Waals surface area (Å²) in [5, 5.41) is 10.1. The maximum Gasteiger partial charge on any atom is 0.223 e. The van der Waals surface area contributed by atoms with Crippen LogP contribution in [0.25, 0.3) is 0 Å². The van der Waals surface area contributed by atoms with E-state index in [9.17, 15) is 9.90 Å². The fraction of sp³-hybridized carbons (Fsp3) is 0.667. The Balaban J connectivity index is 3.13. The van der Waals surface area contributed by atoms with Crippen molar-refractivity contribution in [3.8, 4) is 5.75 Å². The van der Waals surface area contributed by atoms with E-state index in [1.54, 1.807) is 0 Å². The van der Waals surface area contributed by atoms with Crippen LogP contribution in [-0.2, 0) is 6.54 Å². The Morgan fingerprint density at radius 3 is 2.58 bits per heavy atom. The van der Waals surface area contributed by atoms with Crippen LogP contribution in [0.5, 0.6) is 5.75 Å². The summed E-state index contributed by atoms with van der Waals surface area (Å²) in [6.45, 7) is 9.76. The number of hydrogen-bond acceptors (Lipinski definition) is 3. The molecular formula is C15H26N2O2. The molecule has 0 spiro atoms. The highest BCUT2D eigenvalue weighted by molar-refractivity contribution is 5.30. The van der Waals surface area contributed by atoms with Gasteiger partial charge in [0.05, 0.1) is 5.69 Å². The zero-order chi connectivity index (χ0) is 14.6. The maximum atomic E-state index is 11.7. The second-order valence-corrected chi connectivity index (χ2v) is 5.50. The first-order chi connectivity index (χ1) is 8.88. The molecule has 0 aliphatic carbocycles. The van der Waals surface area contributed by atoms with Gasteiger partial charge in [-0.05, 0) is 40.8 Å². The lowest BCUT2D eigenvalue weighted by Gasteiger charge is -2.25. The zero-order valence-corrected chi connectivity index (χ0v) is 12.7. The van der Waals surface area contributed by atoms with Gasteiger partial charge < -0.3 is 14.6 Å². The van der Waals surface area contributed by atoms with Gasteiger partial charge in [0.2, 0.25) is 5.43 Å². The van der Waals surface area contributed by atoms with E-state index in [-0.39, 0.29) is 17.2 Å². The van der Waals surface area contributed by atoms with Gasteiger partial charge in [-0.15, -0.1) is 0 Å². The first-order valence-corrected chi connectivity index (χ1v) is 7.01. The molecule has 0 amide bonds. The number of hydrogen-bond donors (Lipinski definition) is 1. The van der Waals surface area contributed by atoms with Gasteiger partial charge in [0.1, 0.15) is 0 Å². The molecule has 0 fully saturated rings. The molecule has 4 nitrogen and oxygen atoms in total. The van der Waals surface area contributed by atoms with Gasteiger partial charge in [-0.2, -0.15) is 0 Å². The highest BCUT2D eigenvalue weighted by atomic mass is 16.3. The van der Waals surface area contributed by atoms with Crippen LogP contribution >= 0.6 is 0 Å². The molecule has 0 bridgehead atoms. The van der Waals surface area contributed by atoms with E-state index in [0.717, 1.165) is 30.8 Å². The van der Waals surface area contributed by atoms with Crippen LogP contribution in [-0.4, -0.2) is 28.2 Å². The molecule has 0 saturated carbocycles. The number of aromatic hydroxyl groups is 1. The van der Waals surface area contributed by atoms with Gasteiger partial charge in [0, 0.05) is 24.3 Å². The Hall–Kier alpha value is -1.29. The van der Waals surface area contributed by atoms with E-state index in [1.807, 2.05) is 18.5 Å². The maximum absolute atomic E-state index is 11.7. The van der Waals surface area contributed by atoms with Crippen LogP contribution in [0.2, 0.25) is 0 Å². The quantitative estimate of drug-likeness (QED) is 0.861. The number of rotatable bonds is 6. The first-order valence-electron chi connectivity index (χ1n) is 7.01. The third kappa shape index (κ3) is 3.83. The van der Waals surface area contributed by atoms with Gasteiger partial charge in [-0.25, -0.2) is 0 Å². The van der Waals surface area contributed by atoms with Crippen molar-refractivity contribution in [1.82, 2.24) is 9.47 Å². The molecule has 108 valence electrons. The first kappa shape index (κ1) is 15.8. The van der Waals surface area contributed by atoms with E-state index in [2.05, 4.69) is 25.7 Å². The summed E-state index contributed by atoms with van der Waals surface area (Å²) in [5.41, 5.74) is 1.34. The van der Waals surface area contributed by atoms with Crippen molar-refractivity contribution in [2.24, 2.45) is 0 Å². The summed E-state index contributed by atoms with van der Waals surface area (Å²) >= 11 is 0. The molecular weight excluding hydrogens is 240 g/mol. The lowest BCUT2D eigenvalue weighted by Crippen LogP contribution is -2.25. The highest BCUT2D eigenvalue weighted by Gasteiger charge is 2.16. The van der Waals surface area contributed by atoms with Gasteiger partial charge in [0.15, 0.2) is 5.75 Å². The Bertz CT molecular complexity index is 478. The molecule has 0 aliphatic heterocycles. The molecule has 0 saturated heterocycles. The summed E-state index contributed by atoms with van der Waals surface area (Å²) < 4.78 is 2.04. The summed E-state index contributed by atoms with van der Waals surface area (Å²) in [7, 11) is 2.02. The van der Waals surface area contributed by atoms with Crippen LogP contribution in [0.3, 0.4) is 0 Å². The Labute approximate surface area is 115 Å². The van der Waals surface area contributed by atoms with E-state index in [0.29, 0.717) is 6.54 Å². The van der Waals surface area contributed by atoms with Crippen LogP contribution in [0.1, 0.15) is 51.0 Å². The summed E-state index contributed by atoms with van der Waals surface area (Å²) in [6.07, 6.45) is 2.26. The monoisotopic (exact) mass is 266 g/mol. The minimum Gasteiger partial charge on any atom is -0.503 e. The molecule has 19 heavy (non-hydrogen) atoms. The summed E-state index contributed by atoms with van der Waals surface area (Å²) in [5.74, 6) is -0.109. The average molecular weight is 266 g/mol. The highest BCUT2D eigenvalue weighted by Crippen LogP contribution is 2.20.